The Hall–Kier alpha value is -2.07. The molecule has 0 aliphatic heterocycles. The van der Waals surface area contributed by atoms with E-state index >= 15 is 0 Å². The lowest BCUT2D eigenvalue weighted by atomic mass is 9.81. The number of para-hydroxylation sites is 1. The number of hydrogen-bond donors (Lipinski definition) is 1. The average molecular weight is 388 g/mol. The Morgan fingerprint density at radius 1 is 0.893 bits per heavy atom. The van der Waals surface area contributed by atoms with Gasteiger partial charge in [-0.25, -0.2) is 4.39 Å². The second kappa shape index (κ2) is 9.42. The molecule has 1 N–H and O–H groups in total. The molecule has 28 heavy (non-hydrogen) atoms. The smallest absolute Gasteiger partial charge is 0.166 e. The predicted octanol–water partition coefficient (Wildman–Crippen LogP) is 6.11. The average Bonchev–Trinajstić information content (AvgIpc) is 2.58. The van der Waals surface area contributed by atoms with Gasteiger partial charge in [-0.05, 0) is 44.7 Å². The Bertz CT molecular complexity index is 765. The van der Waals surface area contributed by atoms with Crippen LogP contribution in [-0.2, 0) is 13.2 Å². The maximum Gasteiger partial charge on any atom is 0.166 e. The Balaban J connectivity index is 2.19. The molecule has 0 unspecified atom stereocenters. The highest BCUT2D eigenvalue weighted by molar-refractivity contribution is 5.47. The molecule has 0 amide bonds. The fourth-order valence-corrected chi connectivity index (χ4v) is 3.62. The van der Waals surface area contributed by atoms with Crippen molar-refractivity contribution in [2.45, 2.75) is 66.7 Å². The molecular formula is C24H34FNO2. The lowest BCUT2D eigenvalue weighted by molar-refractivity contribution is 0.236. The van der Waals surface area contributed by atoms with E-state index in [9.17, 15) is 4.39 Å². The number of rotatable bonds is 9. The van der Waals surface area contributed by atoms with E-state index in [2.05, 4.69) is 39.9 Å². The highest BCUT2D eigenvalue weighted by atomic mass is 19.1. The van der Waals surface area contributed by atoms with Crippen LogP contribution >= 0.6 is 0 Å². The van der Waals surface area contributed by atoms with Gasteiger partial charge in [-0.15, -0.1) is 0 Å². The third kappa shape index (κ3) is 6.83. The minimum atomic E-state index is -0.262. The van der Waals surface area contributed by atoms with Crippen LogP contribution in [0.4, 0.5) is 4.39 Å². The summed E-state index contributed by atoms with van der Waals surface area (Å²) in [5.74, 6) is 1.10. The first-order chi connectivity index (χ1) is 13.1. The summed E-state index contributed by atoms with van der Waals surface area (Å²) in [5.41, 5.74) is 1.74. The number of benzene rings is 2. The van der Waals surface area contributed by atoms with Crippen molar-refractivity contribution in [3.8, 4) is 11.5 Å². The summed E-state index contributed by atoms with van der Waals surface area (Å²) in [6, 6.07) is 12.6. The summed E-state index contributed by atoms with van der Waals surface area (Å²) in [6.45, 7) is 14.5. The molecule has 2 rings (SSSR count). The van der Waals surface area contributed by atoms with Crippen LogP contribution in [0.1, 0.15) is 59.1 Å². The van der Waals surface area contributed by atoms with E-state index in [0.717, 1.165) is 12.0 Å². The van der Waals surface area contributed by atoms with Gasteiger partial charge in [-0.3, -0.25) is 0 Å². The minimum absolute atomic E-state index is 0.0251. The number of ether oxygens (including phenoxy) is 2. The van der Waals surface area contributed by atoms with Crippen LogP contribution < -0.4 is 14.8 Å². The van der Waals surface area contributed by atoms with Gasteiger partial charge in [0.2, 0.25) is 0 Å². The topological polar surface area (TPSA) is 30.5 Å². The molecular weight excluding hydrogens is 353 g/mol. The molecule has 0 aliphatic carbocycles. The molecule has 0 spiro atoms. The molecule has 0 aromatic heterocycles. The second-order valence-electron chi connectivity index (χ2n) is 9.03. The molecule has 4 heteroatoms. The van der Waals surface area contributed by atoms with Gasteiger partial charge in [-0.2, -0.15) is 0 Å². The number of halogens is 1. The first-order valence-corrected chi connectivity index (χ1v) is 9.97. The third-order valence-electron chi connectivity index (χ3n) is 4.42. The van der Waals surface area contributed by atoms with Crippen molar-refractivity contribution in [3.05, 3.63) is 59.4 Å². The molecule has 2 aromatic carbocycles. The SMILES string of the molecule is CCOc1cccc(CNC(C)(C)CC(C)(C)C)c1OCc1ccccc1F. The largest absolute Gasteiger partial charge is 0.490 e. The van der Waals surface area contributed by atoms with Gasteiger partial charge in [0.15, 0.2) is 11.5 Å². The van der Waals surface area contributed by atoms with Crippen molar-refractivity contribution in [3.63, 3.8) is 0 Å². The maximum absolute atomic E-state index is 14.0. The van der Waals surface area contributed by atoms with Crippen LogP contribution in [-0.4, -0.2) is 12.1 Å². The summed E-state index contributed by atoms with van der Waals surface area (Å²) in [4.78, 5) is 0. The van der Waals surface area contributed by atoms with E-state index in [1.54, 1.807) is 12.1 Å². The predicted molar refractivity (Wildman–Crippen MR) is 113 cm³/mol. The monoisotopic (exact) mass is 387 g/mol. The van der Waals surface area contributed by atoms with Gasteiger partial charge >= 0.3 is 0 Å². The van der Waals surface area contributed by atoms with Gasteiger partial charge < -0.3 is 14.8 Å². The third-order valence-corrected chi connectivity index (χ3v) is 4.42. The Kier molecular flexibility index (Phi) is 7.48. The van der Waals surface area contributed by atoms with Gasteiger partial charge in [0.05, 0.1) is 6.61 Å². The number of hydrogen-bond acceptors (Lipinski definition) is 3. The van der Waals surface area contributed by atoms with Gasteiger partial charge in [0, 0.05) is 23.2 Å². The van der Waals surface area contributed by atoms with Crippen LogP contribution in [0.3, 0.4) is 0 Å². The van der Waals surface area contributed by atoms with Gasteiger partial charge in [0.25, 0.3) is 0 Å². The first kappa shape index (κ1) is 22.2. The molecule has 154 valence electrons. The normalized spacial score (nSPS) is 12.1. The van der Waals surface area contributed by atoms with Crippen molar-refractivity contribution in [1.29, 1.82) is 0 Å². The van der Waals surface area contributed by atoms with Crippen molar-refractivity contribution in [2.75, 3.05) is 6.61 Å². The minimum Gasteiger partial charge on any atom is -0.490 e. The summed E-state index contributed by atoms with van der Waals surface area (Å²) >= 11 is 0. The molecule has 0 saturated carbocycles. The lowest BCUT2D eigenvalue weighted by Gasteiger charge is -2.33. The van der Waals surface area contributed by atoms with Crippen LogP contribution in [0.2, 0.25) is 0 Å². The second-order valence-corrected chi connectivity index (χ2v) is 9.03. The zero-order valence-electron chi connectivity index (χ0n) is 18.1. The fourth-order valence-electron chi connectivity index (χ4n) is 3.62. The van der Waals surface area contributed by atoms with Crippen LogP contribution in [0.25, 0.3) is 0 Å². The molecule has 0 heterocycles. The van der Waals surface area contributed by atoms with Crippen molar-refractivity contribution >= 4 is 0 Å². The van der Waals surface area contributed by atoms with Gasteiger partial charge in [-0.1, -0.05) is 51.1 Å². The molecule has 0 aliphatic rings. The summed E-state index contributed by atoms with van der Waals surface area (Å²) in [6.07, 6.45) is 1.04. The van der Waals surface area contributed by atoms with E-state index < -0.39 is 0 Å². The molecule has 0 fully saturated rings. The zero-order chi connectivity index (χ0) is 20.8. The van der Waals surface area contributed by atoms with E-state index in [4.69, 9.17) is 9.47 Å². The van der Waals surface area contributed by atoms with E-state index in [1.807, 2.05) is 31.2 Å². The number of nitrogens with one attached hydrogen (secondary N) is 1. The van der Waals surface area contributed by atoms with Crippen LogP contribution in [0, 0.1) is 11.2 Å². The standard InChI is InChI=1S/C24H34FNO2/c1-7-27-21-14-10-12-18(15-26-24(5,6)17-23(2,3)4)22(21)28-16-19-11-8-9-13-20(19)25/h8-14,26H,7,15-17H2,1-6H3. The van der Waals surface area contributed by atoms with Crippen molar-refractivity contribution in [1.82, 2.24) is 5.32 Å². The Morgan fingerprint density at radius 3 is 2.21 bits per heavy atom. The quantitative estimate of drug-likeness (QED) is 0.563. The van der Waals surface area contributed by atoms with Gasteiger partial charge in [0.1, 0.15) is 12.4 Å². The molecule has 0 saturated heterocycles. The summed E-state index contributed by atoms with van der Waals surface area (Å²) < 4.78 is 25.8. The Morgan fingerprint density at radius 2 is 1.57 bits per heavy atom. The fraction of sp³-hybridized carbons (Fsp3) is 0.500. The van der Waals surface area contributed by atoms with E-state index in [-0.39, 0.29) is 23.4 Å². The summed E-state index contributed by atoms with van der Waals surface area (Å²) in [5, 5.41) is 3.64. The maximum atomic E-state index is 14.0. The zero-order valence-corrected chi connectivity index (χ0v) is 18.1. The van der Waals surface area contributed by atoms with Crippen molar-refractivity contribution in [2.24, 2.45) is 5.41 Å². The summed E-state index contributed by atoms with van der Waals surface area (Å²) in [7, 11) is 0. The molecule has 3 nitrogen and oxygen atoms in total. The van der Waals surface area contributed by atoms with Crippen LogP contribution in [0.5, 0.6) is 11.5 Å². The van der Waals surface area contributed by atoms with Crippen molar-refractivity contribution < 1.29 is 13.9 Å². The van der Waals surface area contributed by atoms with E-state index in [0.29, 0.717) is 30.2 Å². The highest BCUT2D eigenvalue weighted by Crippen LogP contribution is 2.33. The molecule has 2 aromatic rings. The lowest BCUT2D eigenvalue weighted by Crippen LogP contribution is -2.41. The first-order valence-electron chi connectivity index (χ1n) is 9.97. The van der Waals surface area contributed by atoms with Crippen LogP contribution in [0.15, 0.2) is 42.5 Å². The molecule has 0 atom stereocenters. The molecule has 0 bridgehead atoms. The van der Waals surface area contributed by atoms with E-state index in [1.165, 1.54) is 6.07 Å². The molecule has 0 radical (unpaired) electrons. The highest BCUT2D eigenvalue weighted by Gasteiger charge is 2.25. The Labute approximate surface area is 169 Å².